The van der Waals surface area contributed by atoms with Gasteiger partial charge in [0.25, 0.3) is 0 Å². The lowest BCUT2D eigenvalue weighted by Crippen LogP contribution is -2.24. The minimum atomic E-state index is 0.149. The highest BCUT2D eigenvalue weighted by atomic mass is 16.2. The first-order chi connectivity index (χ1) is 11.2. The van der Waals surface area contributed by atoms with E-state index in [1.165, 1.54) is 19.3 Å². The van der Waals surface area contributed by atoms with Crippen LogP contribution in [0.3, 0.4) is 0 Å². The molecule has 0 rings (SSSR count). The summed E-state index contributed by atoms with van der Waals surface area (Å²) in [5, 5.41) is 5.90. The Bertz CT molecular complexity index is 316. The van der Waals surface area contributed by atoms with Crippen molar-refractivity contribution in [3.8, 4) is 0 Å². The van der Waals surface area contributed by atoms with E-state index in [1.807, 2.05) is 13.0 Å². The Balaban J connectivity index is 3.24. The molecule has 134 valence electrons. The van der Waals surface area contributed by atoms with Crippen LogP contribution in [0.25, 0.3) is 0 Å². The second-order valence-electron chi connectivity index (χ2n) is 6.11. The van der Waals surface area contributed by atoms with Crippen molar-refractivity contribution in [2.75, 3.05) is 13.1 Å². The van der Waals surface area contributed by atoms with E-state index in [2.05, 4.69) is 17.2 Å². The zero-order valence-electron chi connectivity index (χ0n) is 15.0. The summed E-state index contributed by atoms with van der Waals surface area (Å²) in [6.07, 6.45) is 13.9. The molecule has 4 heteroatoms. The molecule has 0 aliphatic rings. The van der Waals surface area contributed by atoms with E-state index in [0.717, 1.165) is 58.0 Å². The average Bonchev–Trinajstić information content (AvgIpc) is 2.53. The molecule has 0 fully saturated rings. The molecule has 0 heterocycles. The lowest BCUT2D eigenvalue weighted by Gasteiger charge is -2.06. The molecule has 23 heavy (non-hydrogen) atoms. The van der Waals surface area contributed by atoms with Crippen LogP contribution in [0.4, 0.5) is 0 Å². The predicted octanol–water partition coefficient (Wildman–Crippen LogP) is 4.11. The van der Waals surface area contributed by atoms with Gasteiger partial charge in [-0.05, 0) is 38.5 Å². The van der Waals surface area contributed by atoms with Crippen molar-refractivity contribution in [1.82, 2.24) is 10.6 Å². The third-order valence-corrected chi connectivity index (χ3v) is 3.79. The van der Waals surface area contributed by atoms with Gasteiger partial charge in [0.1, 0.15) is 0 Å². The van der Waals surface area contributed by atoms with Crippen molar-refractivity contribution >= 4 is 11.8 Å². The third kappa shape index (κ3) is 16.9. The molecule has 0 aliphatic heterocycles. The maximum Gasteiger partial charge on any atom is 0.219 e. The van der Waals surface area contributed by atoms with Crippen LogP contribution in [0.2, 0.25) is 0 Å². The molecule has 4 nitrogen and oxygen atoms in total. The molecule has 0 aromatic carbocycles. The van der Waals surface area contributed by atoms with Crippen LogP contribution in [-0.2, 0) is 9.59 Å². The summed E-state index contributed by atoms with van der Waals surface area (Å²) in [6, 6.07) is 0. The van der Waals surface area contributed by atoms with Crippen molar-refractivity contribution in [2.45, 2.75) is 84.0 Å². The standard InChI is InChI=1S/C19H36N2O2/c1-3-5-6-7-9-12-17-21-19(23)15-11-8-10-13-16-20-18(22)14-4-2/h3H,1,4-17H2,2H3,(H,20,22)(H,21,23). The summed E-state index contributed by atoms with van der Waals surface area (Å²) in [5.74, 6) is 0.323. The highest BCUT2D eigenvalue weighted by molar-refractivity contribution is 5.76. The first-order valence-electron chi connectivity index (χ1n) is 9.35. The molecule has 0 unspecified atom stereocenters. The van der Waals surface area contributed by atoms with Gasteiger partial charge in [-0.15, -0.1) is 6.58 Å². The summed E-state index contributed by atoms with van der Waals surface area (Å²) < 4.78 is 0. The van der Waals surface area contributed by atoms with Crippen LogP contribution in [0, 0.1) is 0 Å². The molecule has 0 bridgehead atoms. The summed E-state index contributed by atoms with van der Waals surface area (Å²) in [5.41, 5.74) is 0. The summed E-state index contributed by atoms with van der Waals surface area (Å²) >= 11 is 0. The van der Waals surface area contributed by atoms with Crippen molar-refractivity contribution in [3.63, 3.8) is 0 Å². The Morgan fingerprint density at radius 2 is 1.30 bits per heavy atom. The zero-order valence-corrected chi connectivity index (χ0v) is 15.0. The largest absolute Gasteiger partial charge is 0.356 e. The second-order valence-corrected chi connectivity index (χ2v) is 6.11. The molecule has 0 atom stereocenters. The van der Waals surface area contributed by atoms with Crippen LogP contribution in [0.1, 0.15) is 84.0 Å². The van der Waals surface area contributed by atoms with Gasteiger partial charge >= 0.3 is 0 Å². The number of unbranched alkanes of at least 4 members (excludes halogenated alkanes) is 7. The Hall–Kier alpha value is -1.32. The fraction of sp³-hybridized carbons (Fsp3) is 0.789. The first-order valence-corrected chi connectivity index (χ1v) is 9.35. The van der Waals surface area contributed by atoms with Crippen LogP contribution in [-0.4, -0.2) is 24.9 Å². The molecule has 0 aromatic rings. The van der Waals surface area contributed by atoms with Gasteiger partial charge in [0.05, 0.1) is 0 Å². The Morgan fingerprint density at radius 1 is 0.783 bits per heavy atom. The normalized spacial score (nSPS) is 10.3. The fourth-order valence-electron chi connectivity index (χ4n) is 2.39. The van der Waals surface area contributed by atoms with Gasteiger partial charge in [0.15, 0.2) is 0 Å². The molecule has 0 radical (unpaired) electrons. The Kier molecular flexibility index (Phi) is 16.1. The Morgan fingerprint density at radius 3 is 1.87 bits per heavy atom. The predicted molar refractivity (Wildman–Crippen MR) is 97.3 cm³/mol. The Labute approximate surface area is 142 Å². The molecule has 0 aromatic heterocycles. The highest BCUT2D eigenvalue weighted by Crippen LogP contribution is 2.04. The van der Waals surface area contributed by atoms with Gasteiger partial charge in [-0.1, -0.05) is 38.7 Å². The molecule has 2 N–H and O–H groups in total. The molecule has 0 saturated heterocycles. The minimum absolute atomic E-state index is 0.149. The number of carbonyl (C=O) groups is 2. The van der Waals surface area contributed by atoms with E-state index >= 15 is 0 Å². The van der Waals surface area contributed by atoms with Gasteiger partial charge in [-0.25, -0.2) is 0 Å². The van der Waals surface area contributed by atoms with Gasteiger partial charge < -0.3 is 10.6 Å². The average molecular weight is 325 g/mol. The fourth-order valence-corrected chi connectivity index (χ4v) is 2.39. The van der Waals surface area contributed by atoms with Gasteiger partial charge in [-0.3, -0.25) is 9.59 Å². The SMILES string of the molecule is C=CCCCCCCNC(=O)CCCCCCNC(=O)CCC. The van der Waals surface area contributed by atoms with E-state index in [-0.39, 0.29) is 11.8 Å². The van der Waals surface area contributed by atoms with Crippen LogP contribution in [0.15, 0.2) is 12.7 Å². The topological polar surface area (TPSA) is 58.2 Å². The maximum absolute atomic E-state index is 11.6. The summed E-state index contributed by atoms with van der Waals surface area (Å²) in [6.45, 7) is 7.28. The lowest BCUT2D eigenvalue weighted by molar-refractivity contribution is -0.121. The molecule has 0 spiro atoms. The van der Waals surface area contributed by atoms with E-state index in [9.17, 15) is 9.59 Å². The summed E-state index contributed by atoms with van der Waals surface area (Å²) in [7, 11) is 0. The van der Waals surface area contributed by atoms with E-state index < -0.39 is 0 Å². The molecule has 0 aliphatic carbocycles. The van der Waals surface area contributed by atoms with E-state index in [1.54, 1.807) is 0 Å². The molecular weight excluding hydrogens is 288 g/mol. The number of nitrogens with one attached hydrogen (secondary N) is 2. The highest BCUT2D eigenvalue weighted by Gasteiger charge is 2.01. The molecule has 2 amide bonds. The number of rotatable bonds is 16. The lowest BCUT2D eigenvalue weighted by atomic mass is 10.1. The smallest absolute Gasteiger partial charge is 0.219 e. The molecule has 0 saturated carbocycles. The van der Waals surface area contributed by atoms with E-state index in [4.69, 9.17) is 0 Å². The second kappa shape index (κ2) is 17.0. The van der Waals surface area contributed by atoms with Gasteiger partial charge in [0, 0.05) is 25.9 Å². The number of amides is 2. The number of carbonyl (C=O) groups excluding carboxylic acids is 2. The monoisotopic (exact) mass is 324 g/mol. The van der Waals surface area contributed by atoms with Crippen molar-refractivity contribution in [2.24, 2.45) is 0 Å². The van der Waals surface area contributed by atoms with Crippen LogP contribution < -0.4 is 10.6 Å². The third-order valence-electron chi connectivity index (χ3n) is 3.79. The van der Waals surface area contributed by atoms with Crippen molar-refractivity contribution in [1.29, 1.82) is 0 Å². The van der Waals surface area contributed by atoms with Crippen LogP contribution in [0.5, 0.6) is 0 Å². The molecular formula is C19H36N2O2. The first kappa shape index (κ1) is 21.7. The summed E-state index contributed by atoms with van der Waals surface area (Å²) in [4.78, 5) is 22.9. The van der Waals surface area contributed by atoms with Gasteiger partial charge in [-0.2, -0.15) is 0 Å². The quantitative estimate of drug-likeness (QED) is 0.332. The minimum Gasteiger partial charge on any atom is -0.356 e. The van der Waals surface area contributed by atoms with Gasteiger partial charge in [0.2, 0.25) is 11.8 Å². The number of hydrogen-bond acceptors (Lipinski definition) is 2. The maximum atomic E-state index is 11.6. The van der Waals surface area contributed by atoms with E-state index in [0.29, 0.717) is 12.8 Å². The van der Waals surface area contributed by atoms with Crippen LogP contribution >= 0.6 is 0 Å². The van der Waals surface area contributed by atoms with Crippen molar-refractivity contribution in [3.05, 3.63) is 12.7 Å². The number of hydrogen-bond donors (Lipinski definition) is 2. The zero-order chi connectivity index (χ0) is 17.2. The number of allylic oxidation sites excluding steroid dienone is 1. The van der Waals surface area contributed by atoms with Crippen molar-refractivity contribution < 1.29 is 9.59 Å².